The van der Waals surface area contributed by atoms with Gasteiger partial charge in [-0.25, -0.2) is 9.97 Å². The van der Waals surface area contributed by atoms with Gasteiger partial charge in [-0.15, -0.1) is 0 Å². The molecule has 8 heteroatoms. The van der Waals surface area contributed by atoms with Crippen molar-refractivity contribution in [1.29, 1.82) is 0 Å². The number of hydrogen-bond donors (Lipinski definition) is 0. The summed E-state index contributed by atoms with van der Waals surface area (Å²) in [7, 11) is 3.69. The number of piperidine rings is 1. The van der Waals surface area contributed by atoms with Crippen molar-refractivity contribution in [3.63, 3.8) is 0 Å². The number of methoxy groups -OCH3 is 1. The minimum absolute atomic E-state index is 0.371. The summed E-state index contributed by atoms with van der Waals surface area (Å²) in [6.45, 7) is 2.14. The molecule has 1 aliphatic rings. The van der Waals surface area contributed by atoms with E-state index in [4.69, 9.17) is 9.26 Å². The zero-order valence-electron chi connectivity index (χ0n) is 12.8. The van der Waals surface area contributed by atoms with Crippen molar-refractivity contribution in [2.24, 2.45) is 0 Å². The number of hydrogen-bond acceptors (Lipinski definition) is 8. The lowest BCUT2D eigenvalue weighted by Crippen LogP contribution is -2.44. The van der Waals surface area contributed by atoms with Crippen molar-refractivity contribution in [3.8, 4) is 0 Å². The summed E-state index contributed by atoms with van der Waals surface area (Å²) in [4.78, 5) is 16.9. The Morgan fingerprint density at radius 1 is 1.41 bits per heavy atom. The molecule has 22 heavy (non-hydrogen) atoms. The SMILES string of the molecule is COCc1noc(N2CCC(N(C)c3ccncn3)CC2)n1. The van der Waals surface area contributed by atoms with E-state index in [1.807, 2.05) is 6.07 Å². The highest BCUT2D eigenvalue weighted by molar-refractivity contribution is 5.38. The highest BCUT2D eigenvalue weighted by Crippen LogP contribution is 2.23. The number of aromatic nitrogens is 4. The minimum atomic E-state index is 0.371. The molecule has 0 bridgehead atoms. The average Bonchev–Trinajstić information content (AvgIpc) is 3.04. The summed E-state index contributed by atoms with van der Waals surface area (Å²) >= 11 is 0. The maximum atomic E-state index is 5.29. The van der Waals surface area contributed by atoms with E-state index in [-0.39, 0.29) is 0 Å². The second-order valence-electron chi connectivity index (χ2n) is 5.32. The smallest absolute Gasteiger partial charge is 0.324 e. The van der Waals surface area contributed by atoms with E-state index in [0.717, 1.165) is 31.7 Å². The van der Waals surface area contributed by atoms with Gasteiger partial charge in [0.25, 0.3) is 0 Å². The first kappa shape index (κ1) is 14.7. The molecule has 0 atom stereocenters. The molecule has 1 saturated heterocycles. The Morgan fingerprint density at radius 2 is 2.23 bits per heavy atom. The van der Waals surface area contributed by atoms with Gasteiger partial charge in [-0.3, -0.25) is 0 Å². The maximum Gasteiger partial charge on any atom is 0.324 e. The average molecular weight is 304 g/mol. The van der Waals surface area contributed by atoms with Crippen LogP contribution in [0.5, 0.6) is 0 Å². The molecule has 0 amide bonds. The molecule has 8 nitrogen and oxygen atoms in total. The third-order valence-corrected chi connectivity index (χ3v) is 3.94. The van der Waals surface area contributed by atoms with Crippen LogP contribution in [-0.2, 0) is 11.3 Å². The Labute approximate surface area is 129 Å². The fourth-order valence-corrected chi connectivity index (χ4v) is 2.68. The molecular formula is C14H20N6O2. The second-order valence-corrected chi connectivity index (χ2v) is 5.32. The fourth-order valence-electron chi connectivity index (χ4n) is 2.68. The van der Waals surface area contributed by atoms with Crippen molar-refractivity contribution < 1.29 is 9.26 Å². The largest absolute Gasteiger partial charge is 0.377 e. The highest BCUT2D eigenvalue weighted by atomic mass is 16.5. The summed E-state index contributed by atoms with van der Waals surface area (Å²) in [5.74, 6) is 1.53. The van der Waals surface area contributed by atoms with Crippen molar-refractivity contribution in [2.75, 3.05) is 37.0 Å². The predicted octanol–water partition coefficient (Wildman–Crippen LogP) is 1.11. The third-order valence-electron chi connectivity index (χ3n) is 3.94. The van der Waals surface area contributed by atoms with Crippen LogP contribution in [-0.4, -0.2) is 53.4 Å². The van der Waals surface area contributed by atoms with Crippen LogP contribution in [0.25, 0.3) is 0 Å². The Bertz CT molecular complexity index is 582. The van der Waals surface area contributed by atoms with E-state index in [0.29, 0.717) is 24.5 Å². The Morgan fingerprint density at radius 3 is 2.91 bits per heavy atom. The van der Waals surface area contributed by atoms with Gasteiger partial charge in [-0.1, -0.05) is 5.16 Å². The zero-order valence-corrected chi connectivity index (χ0v) is 12.8. The van der Waals surface area contributed by atoms with Gasteiger partial charge in [0, 0.05) is 39.5 Å². The number of nitrogens with zero attached hydrogens (tertiary/aromatic N) is 6. The lowest BCUT2D eigenvalue weighted by molar-refractivity contribution is 0.174. The summed E-state index contributed by atoms with van der Waals surface area (Å²) in [6, 6.07) is 2.96. The van der Waals surface area contributed by atoms with E-state index in [1.165, 1.54) is 0 Å². The van der Waals surface area contributed by atoms with Gasteiger partial charge in [0.15, 0.2) is 5.82 Å². The van der Waals surface area contributed by atoms with Crippen LogP contribution in [0.3, 0.4) is 0 Å². The van der Waals surface area contributed by atoms with E-state index in [2.05, 4.69) is 37.0 Å². The molecule has 2 aromatic rings. The molecule has 0 aliphatic carbocycles. The molecule has 2 aromatic heterocycles. The fraction of sp³-hybridized carbons (Fsp3) is 0.571. The molecule has 1 fully saturated rings. The number of ether oxygens (including phenoxy) is 1. The first-order chi connectivity index (χ1) is 10.8. The lowest BCUT2D eigenvalue weighted by Gasteiger charge is -2.36. The Kier molecular flexibility index (Phi) is 4.47. The van der Waals surface area contributed by atoms with Crippen molar-refractivity contribution in [1.82, 2.24) is 20.1 Å². The second kappa shape index (κ2) is 6.69. The number of anilines is 2. The van der Waals surface area contributed by atoms with Crippen LogP contribution in [0.2, 0.25) is 0 Å². The molecule has 1 aliphatic heterocycles. The molecule has 3 heterocycles. The first-order valence-corrected chi connectivity index (χ1v) is 7.33. The summed E-state index contributed by atoms with van der Waals surface area (Å²) in [5.41, 5.74) is 0. The van der Waals surface area contributed by atoms with Crippen molar-refractivity contribution in [2.45, 2.75) is 25.5 Å². The third kappa shape index (κ3) is 3.16. The van der Waals surface area contributed by atoms with Gasteiger partial charge in [0.1, 0.15) is 18.8 Å². The highest BCUT2D eigenvalue weighted by Gasteiger charge is 2.26. The molecule has 0 saturated carbocycles. The number of rotatable bonds is 5. The van der Waals surface area contributed by atoms with Gasteiger partial charge in [0.2, 0.25) is 0 Å². The van der Waals surface area contributed by atoms with E-state index in [9.17, 15) is 0 Å². The zero-order chi connectivity index (χ0) is 15.4. The summed E-state index contributed by atoms with van der Waals surface area (Å²) in [6.07, 6.45) is 5.38. The lowest BCUT2D eigenvalue weighted by atomic mass is 10.0. The van der Waals surface area contributed by atoms with Crippen molar-refractivity contribution in [3.05, 3.63) is 24.4 Å². The standard InChI is InChI=1S/C14H20N6O2/c1-19(13-3-6-15-10-16-13)11-4-7-20(8-5-11)14-17-12(9-21-2)18-22-14/h3,6,10-11H,4-5,7-9H2,1-2H3. The molecule has 0 aromatic carbocycles. The molecule has 0 spiro atoms. The van der Waals surface area contributed by atoms with Gasteiger partial charge in [-0.2, -0.15) is 4.98 Å². The molecule has 3 rings (SSSR count). The van der Waals surface area contributed by atoms with E-state index in [1.54, 1.807) is 19.6 Å². The van der Waals surface area contributed by atoms with Crippen LogP contribution in [0, 0.1) is 0 Å². The predicted molar refractivity (Wildman–Crippen MR) is 80.7 cm³/mol. The first-order valence-electron chi connectivity index (χ1n) is 7.33. The monoisotopic (exact) mass is 304 g/mol. The quantitative estimate of drug-likeness (QED) is 0.812. The van der Waals surface area contributed by atoms with E-state index >= 15 is 0 Å². The van der Waals surface area contributed by atoms with Gasteiger partial charge in [0.05, 0.1) is 0 Å². The van der Waals surface area contributed by atoms with Crippen LogP contribution in [0.15, 0.2) is 23.1 Å². The molecule has 0 N–H and O–H groups in total. The van der Waals surface area contributed by atoms with Crippen molar-refractivity contribution >= 4 is 11.8 Å². The van der Waals surface area contributed by atoms with Gasteiger partial charge >= 0.3 is 6.01 Å². The minimum Gasteiger partial charge on any atom is -0.377 e. The molecule has 118 valence electrons. The van der Waals surface area contributed by atoms with Gasteiger partial charge < -0.3 is 19.1 Å². The Hall–Kier alpha value is -2.22. The molecular weight excluding hydrogens is 284 g/mol. The van der Waals surface area contributed by atoms with Crippen LogP contribution < -0.4 is 9.80 Å². The van der Waals surface area contributed by atoms with Crippen LogP contribution in [0.4, 0.5) is 11.8 Å². The molecule has 0 radical (unpaired) electrons. The Balaban J connectivity index is 1.57. The normalized spacial score (nSPS) is 16.0. The molecule has 0 unspecified atom stereocenters. The van der Waals surface area contributed by atoms with Crippen LogP contribution >= 0.6 is 0 Å². The summed E-state index contributed by atoms with van der Waals surface area (Å²) in [5, 5.41) is 3.90. The van der Waals surface area contributed by atoms with Crippen LogP contribution in [0.1, 0.15) is 18.7 Å². The van der Waals surface area contributed by atoms with Gasteiger partial charge in [-0.05, 0) is 18.9 Å². The topological polar surface area (TPSA) is 80.4 Å². The maximum absolute atomic E-state index is 5.29. The van der Waals surface area contributed by atoms with E-state index < -0.39 is 0 Å². The summed E-state index contributed by atoms with van der Waals surface area (Å²) < 4.78 is 10.3.